The lowest BCUT2D eigenvalue weighted by molar-refractivity contribution is 0.0738. The van der Waals surface area contributed by atoms with Gasteiger partial charge in [0, 0.05) is 28.7 Å². The van der Waals surface area contributed by atoms with Crippen LogP contribution >= 0.6 is 0 Å². The van der Waals surface area contributed by atoms with E-state index >= 15 is 0 Å². The Hall–Kier alpha value is -3.53. The summed E-state index contributed by atoms with van der Waals surface area (Å²) >= 11 is 0. The molecule has 1 unspecified atom stereocenters. The quantitative estimate of drug-likeness (QED) is 0.552. The molecule has 3 heterocycles. The number of amides is 1. The number of H-pyrrole nitrogens is 1. The van der Waals surface area contributed by atoms with E-state index in [0.717, 1.165) is 46.6 Å². The van der Waals surface area contributed by atoms with Crippen LogP contribution in [0.25, 0.3) is 10.9 Å². The predicted molar refractivity (Wildman–Crippen MR) is 112 cm³/mol. The Morgan fingerprint density at radius 1 is 1.00 bits per heavy atom. The number of aromatic nitrogens is 1. The van der Waals surface area contributed by atoms with Crippen LogP contribution < -0.4 is 4.74 Å². The molecule has 1 N–H and O–H groups in total. The molecule has 2 aliphatic rings. The van der Waals surface area contributed by atoms with Crippen molar-refractivity contribution in [2.75, 3.05) is 6.54 Å². The van der Waals surface area contributed by atoms with E-state index in [9.17, 15) is 4.79 Å². The Balaban J connectivity index is 1.39. The highest BCUT2D eigenvalue weighted by atomic mass is 16.5. The second kappa shape index (κ2) is 6.24. The van der Waals surface area contributed by atoms with Gasteiger partial charge in [-0.25, -0.2) is 0 Å². The highest BCUT2D eigenvalue weighted by Crippen LogP contribution is 2.44. The lowest BCUT2D eigenvalue weighted by Crippen LogP contribution is -2.34. The Kier molecular flexibility index (Phi) is 3.54. The third-order valence-corrected chi connectivity index (χ3v) is 6.09. The molecule has 4 heteroatoms. The van der Waals surface area contributed by atoms with Crippen LogP contribution in [-0.2, 0) is 13.0 Å². The number of hydrogen-bond donors (Lipinski definition) is 1. The third kappa shape index (κ3) is 2.49. The summed E-state index contributed by atoms with van der Waals surface area (Å²) in [7, 11) is 0. The maximum absolute atomic E-state index is 12.8. The van der Waals surface area contributed by atoms with E-state index in [1.54, 1.807) is 0 Å². The van der Waals surface area contributed by atoms with Crippen LogP contribution in [0.2, 0.25) is 0 Å². The molecule has 1 amide bonds. The molecule has 6 rings (SSSR count). The number of nitrogens with zero attached hydrogens (tertiary/aromatic N) is 1. The minimum atomic E-state index is -0.0106. The maximum Gasteiger partial charge on any atom is 0.255 e. The smallest absolute Gasteiger partial charge is 0.255 e. The van der Waals surface area contributed by atoms with Crippen LogP contribution in [0.4, 0.5) is 0 Å². The number of fused-ring (bicyclic) bond motifs is 7. The molecule has 4 aromatic rings. The zero-order chi connectivity index (χ0) is 19.4. The summed E-state index contributed by atoms with van der Waals surface area (Å²) in [6.07, 6.45) is 0.855. The summed E-state index contributed by atoms with van der Waals surface area (Å²) in [5.41, 5.74) is 6.63. The normalized spacial score (nSPS) is 17.2. The van der Waals surface area contributed by atoms with Crippen molar-refractivity contribution in [2.24, 2.45) is 0 Å². The van der Waals surface area contributed by atoms with E-state index in [0.29, 0.717) is 6.61 Å². The van der Waals surface area contributed by atoms with E-state index in [-0.39, 0.29) is 11.9 Å². The van der Waals surface area contributed by atoms with Crippen molar-refractivity contribution in [1.82, 2.24) is 9.88 Å². The van der Waals surface area contributed by atoms with E-state index in [1.807, 2.05) is 47.4 Å². The maximum atomic E-state index is 12.8. The van der Waals surface area contributed by atoms with Gasteiger partial charge in [0.2, 0.25) is 0 Å². The molecule has 3 aromatic carbocycles. The minimum Gasteiger partial charge on any atom is -0.489 e. The summed E-state index contributed by atoms with van der Waals surface area (Å²) in [6, 6.07) is 24.4. The molecule has 142 valence electrons. The van der Waals surface area contributed by atoms with E-state index in [4.69, 9.17) is 4.74 Å². The van der Waals surface area contributed by atoms with Crippen molar-refractivity contribution < 1.29 is 9.53 Å². The van der Waals surface area contributed by atoms with Crippen molar-refractivity contribution in [3.63, 3.8) is 0 Å². The van der Waals surface area contributed by atoms with Crippen LogP contribution in [0.15, 0.2) is 72.8 Å². The van der Waals surface area contributed by atoms with Crippen molar-refractivity contribution in [3.05, 3.63) is 101 Å². The Morgan fingerprint density at radius 2 is 1.83 bits per heavy atom. The highest BCUT2D eigenvalue weighted by Gasteiger charge is 2.41. The summed E-state index contributed by atoms with van der Waals surface area (Å²) in [5, 5.41) is 1.20. The Labute approximate surface area is 168 Å². The minimum absolute atomic E-state index is 0.0106. The number of carbonyl (C=O) groups is 1. The first-order chi connectivity index (χ1) is 14.3. The van der Waals surface area contributed by atoms with Gasteiger partial charge in [0.1, 0.15) is 12.4 Å². The van der Waals surface area contributed by atoms with Crippen LogP contribution in [0, 0.1) is 0 Å². The number of carbonyl (C=O) groups excluding carboxylic acids is 1. The lowest BCUT2D eigenvalue weighted by Gasteiger charge is -2.30. The van der Waals surface area contributed by atoms with Gasteiger partial charge in [-0.3, -0.25) is 4.79 Å². The summed E-state index contributed by atoms with van der Waals surface area (Å²) in [5.74, 6) is 1.01. The van der Waals surface area contributed by atoms with Crippen molar-refractivity contribution >= 4 is 16.8 Å². The molecule has 0 saturated heterocycles. The van der Waals surface area contributed by atoms with Gasteiger partial charge in [-0.2, -0.15) is 0 Å². The molecule has 0 bridgehead atoms. The topological polar surface area (TPSA) is 45.3 Å². The van der Waals surface area contributed by atoms with Crippen LogP contribution in [-0.4, -0.2) is 22.3 Å². The second-order valence-electron chi connectivity index (χ2n) is 7.74. The van der Waals surface area contributed by atoms with Crippen molar-refractivity contribution in [2.45, 2.75) is 19.1 Å². The largest absolute Gasteiger partial charge is 0.489 e. The van der Waals surface area contributed by atoms with E-state index < -0.39 is 0 Å². The number of ether oxygens (including phenoxy) is 1. The highest BCUT2D eigenvalue weighted by molar-refractivity contribution is 6.00. The number of aromatic amines is 1. The molecule has 0 radical (unpaired) electrons. The molecule has 0 aliphatic carbocycles. The van der Waals surface area contributed by atoms with Gasteiger partial charge in [0.05, 0.1) is 6.04 Å². The number of nitrogens with one attached hydrogen (secondary N) is 1. The first-order valence-corrected chi connectivity index (χ1v) is 10.0. The molecule has 2 aliphatic heterocycles. The Bertz CT molecular complexity index is 1240. The molecule has 29 heavy (non-hydrogen) atoms. The second-order valence-corrected chi connectivity index (χ2v) is 7.74. The zero-order valence-corrected chi connectivity index (χ0v) is 15.9. The first kappa shape index (κ1) is 16.4. The molecule has 0 saturated carbocycles. The van der Waals surface area contributed by atoms with Crippen LogP contribution in [0.3, 0.4) is 0 Å². The monoisotopic (exact) mass is 380 g/mol. The van der Waals surface area contributed by atoms with Gasteiger partial charge in [-0.15, -0.1) is 0 Å². The lowest BCUT2D eigenvalue weighted by atomic mass is 9.94. The summed E-state index contributed by atoms with van der Waals surface area (Å²) < 4.78 is 6.04. The number of benzene rings is 3. The van der Waals surface area contributed by atoms with Crippen LogP contribution in [0.5, 0.6) is 5.75 Å². The fraction of sp³-hybridized carbons (Fsp3) is 0.160. The number of hydrogen-bond acceptors (Lipinski definition) is 2. The van der Waals surface area contributed by atoms with Crippen molar-refractivity contribution in [1.29, 1.82) is 0 Å². The molecular formula is C25H20N2O2. The first-order valence-electron chi connectivity index (χ1n) is 10.0. The van der Waals surface area contributed by atoms with Gasteiger partial charge in [-0.05, 0) is 47.4 Å². The van der Waals surface area contributed by atoms with Gasteiger partial charge < -0.3 is 14.6 Å². The SMILES string of the molecule is O=C1c2ccccc2C2c3[nH]c4ccc(OCc5ccccc5)cc4c3CCN12. The van der Waals surface area contributed by atoms with Gasteiger partial charge >= 0.3 is 0 Å². The molecule has 4 nitrogen and oxygen atoms in total. The van der Waals surface area contributed by atoms with Crippen molar-refractivity contribution in [3.8, 4) is 5.75 Å². The molecular weight excluding hydrogens is 360 g/mol. The molecule has 1 aromatic heterocycles. The molecule has 0 fully saturated rings. The average molecular weight is 380 g/mol. The van der Waals surface area contributed by atoms with E-state index in [2.05, 4.69) is 35.3 Å². The number of rotatable bonds is 3. The summed E-state index contributed by atoms with van der Waals surface area (Å²) in [4.78, 5) is 18.4. The zero-order valence-electron chi connectivity index (χ0n) is 15.9. The van der Waals surface area contributed by atoms with E-state index in [1.165, 1.54) is 10.9 Å². The standard InChI is InChI=1S/C25H20N2O2/c28-25-20-9-5-4-8-19(20)24-23-18(12-13-27(24)25)21-14-17(10-11-22(21)26-23)29-15-16-6-2-1-3-7-16/h1-11,14,24,26H,12-13,15H2. The predicted octanol–water partition coefficient (Wildman–Crippen LogP) is 4.85. The molecule has 1 atom stereocenters. The fourth-order valence-electron chi connectivity index (χ4n) is 4.73. The van der Waals surface area contributed by atoms with Crippen LogP contribution in [0.1, 0.15) is 38.8 Å². The fourth-order valence-corrected chi connectivity index (χ4v) is 4.73. The van der Waals surface area contributed by atoms with Gasteiger partial charge in [-0.1, -0.05) is 48.5 Å². The molecule has 0 spiro atoms. The van der Waals surface area contributed by atoms with Gasteiger partial charge in [0.15, 0.2) is 0 Å². The third-order valence-electron chi connectivity index (χ3n) is 6.09. The average Bonchev–Trinajstić information content (AvgIpc) is 3.28. The van der Waals surface area contributed by atoms with Gasteiger partial charge in [0.25, 0.3) is 5.91 Å². The Morgan fingerprint density at radius 3 is 2.72 bits per heavy atom. The summed E-state index contributed by atoms with van der Waals surface area (Å²) in [6.45, 7) is 1.30.